The van der Waals surface area contributed by atoms with Gasteiger partial charge >= 0.3 is 0 Å². The molecule has 0 aliphatic heterocycles. The van der Waals surface area contributed by atoms with Crippen LogP contribution in [0.25, 0.3) is 0 Å². The molecule has 0 bridgehead atoms. The molecule has 6 nitrogen and oxygen atoms in total. The molecule has 1 aromatic heterocycles. The molecule has 1 amide bonds. The lowest BCUT2D eigenvalue weighted by atomic mass is 10.1. The Morgan fingerprint density at radius 2 is 2.10 bits per heavy atom. The predicted molar refractivity (Wildman–Crippen MR) is 79.4 cm³/mol. The maximum absolute atomic E-state index is 12.0. The second-order valence-corrected chi connectivity index (χ2v) is 4.60. The lowest BCUT2D eigenvalue weighted by molar-refractivity contribution is -0.385. The van der Waals surface area contributed by atoms with Crippen LogP contribution in [0.2, 0.25) is 0 Å². The standard InChI is InChI=1S/C15H15N3O3/c1-3-11-6-7-13(8-14(11)18(20)21)17-15(19)12-5-4-10(2)16-9-12/h4-9H,3H2,1-2H3,(H,17,19). The highest BCUT2D eigenvalue weighted by molar-refractivity contribution is 6.04. The summed E-state index contributed by atoms with van der Waals surface area (Å²) in [5, 5.41) is 13.6. The number of amides is 1. The maximum Gasteiger partial charge on any atom is 0.274 e. The highest BCUT2D eigenvalue weighted by Crippen LogP contribution is 2.24. The zero-order valence-corrected chi connectivity index (χ0v) is 11.8. The summed E-state index contributed by atoms with van der Waals surface area (Å²) in [6.07, 6.45) is 2.03. The van der Waals surface area contributed by atoms with Gasteiger partial charge in [-0.15, -0.1) is 0 Å². The first-order valence-electron chi connectivity index (χ1n) is 6.52. The normalized spacial score (nSPS) is 10.2. The van der Waals surface area contributed by atoms with Gasteiger partial charge in [0.25, 0.3) is 11.6 Å². The van der Waals surface area contributed by atoms with Crippen molar-refractivity contribution in [1.82, 2.24) is 4.98 Å². The van der Waals surface area contributed by atoms with E-state index in [1.54, 1.807) is 24.3 Å². The van der Waals surface area contributed by atoms with Crippen LogP contribution in [0.4, 0.5) is 11.4 Å². The molecule has 2 aromatic rings. The SMILES string of the molecule is CCc1ccc(NC(=O)c2ccc(C)nc2)cc1[N+](=O)[O-]. The van der Waals surface area contributed by atoms with E-state index in [9.17, 15) is 14.9 Å². The number of nitro groups is 1. The molecule has 0 fully saturated rings. The van der Waals surface area contributed by atoms with E-state index in [0.29, 0.717) is 23.2 Å². The Labute approximate surface area is 122 Å². The zero-order chi connectivity index (χ0) is 15.4. The van der Waals surface area contributed by atoms with Crippen molar-refractivity contribution >= 4 is 17.3 Å². The Balaban J connectivity index is 2.23. The number of nitrogens with zero attached hydrogens (tertiary/aromatic N) is 2. The summed E-state index contributed by atoms with van der Waals surface area (Å²) in [7, 11) is 0. The molecule has 108 valence electrons. The zero-order valence-electron chi connectivity index (χ0n) is 11.8. The second-order valence-electron chi connectivity index (χ2n) is 4.60. The van der Waals surface area contributed by atoms with Gasteiger partial charge in [-0.1, -0.05) is 13.0 Å². The Bertz CT molecular complexity index is 681. The average Bonchev–Trinajstić information content (AvgIpc) is 2.47. The predicted octanol–water partition coefficient (Wildman–Crippen LogP) is 3.11. The molecule has 0 saturated heterocycles. The van der Waals surface area contributed by atoms with E-state index in [2.05, 4.69) is 10.3 Å². The van der Waals surface area contributed by atoms with E-state index in [0.717, 1.165) is 5.69 Å². The summed E-state index contributed by atoms with van der Waals surface area (Å²) >= 11 is 0. The van der Waals surface area contributed by atoms with Crippen molar-refractivity contribution in [2.45, 2.75) is 20.3 Å². The summed E-state index contributed by atoms with van der Waals surface area (Å²) in [5.74, 6) is -0.346. The van der Waals surface area contributed by atoms with Crippen molar-refractivity contribution in [2.24, 2.45) is 0 Å². The van der Waals surface area contributed by atoms with Gasteiger partial charge in [-0.25, -0.2) is 0 Å². The summed E-state index contributed by atoms with van der Waals surface area (Å²) in [6, 6.07) is 8.08. The topological polar surface area (TPSA) is 85.1 Å². The van der Waals surface area contributed by atoms with Crippen LogP contribution in [0.1, 0.15) is 28.5 Å². The fourth-order valence-corrected chi connectivity index (χ4v) is 1.92. The molecule has 0 unspecified atom stereocenters. The fraction of sp³-hybridized carbons (Fsp3) is 0.200. The third kappa shape index (κ3) is 3.42. The summed E-state index contributed by atoms with van der Waals surface area (Å²) < 4.78 is 0. The van der Waals surface area contributed by atoms with Crippen molar-refractivity contribution in [3.63, 3.8) is 0 Å². The molecule has 0 aliphatic rings. The van der Waals surface area contributed by atoms with Crippen molar-refractivity contribution in [1.29, 1.82) is 0 Å². The second kappa shape index (κ2) is 6.13. The van der Waals surface area contributed by atoms with Gasteiger partial charge in [0.15, 0.2) is 0 Å². The van der Waals surface area contributed by atoms with Crippen LogP contribution >= 0.6 is 0 Å². The number of pyridine rings is 1. The van der Waals surface area contributed by atoms with Crippen LogP contribution in [0, 0.1) is 17.0 Å². The number of aryl methyl sites for hydroxylation is 2. The van der Waals surface area contributed by atoms with E-state index in [1.807, 2.05) is 13.8 Å². The van der Waals surface area contributed by atoms with Crippen molar-refractivity contribution in [3.05, 3.63) is 63.5 Å². The first-order valence-corrected chi connectivity index (χ1v) is 6.52. The minimum Gasteiger partial charge on any atom is -0.322 e. The number of carbonyl (C=O) groups is 1. The van der Waals surface area contributed by atoms with Crippen LogP contribution in [0.3, 0.4) is 0 Å². The van der Waals surface area contributed by atoms with Crippen LogP contribution in [-0.2, 0) is 6.42 Å². The van der Waals surface area contributed by atoms with Crippen molar-refractivity contribution in [2.75, 3.05) is 5.32 Å². The number of rotatable bonds is 4. The number of hydrogen-bond acceptors (Lipinski definition) is 4. The molecule has 6 heteroatoms. The van der Waals surface area contributed by atoms with Gasteiger partial charge in [0.2, 0.25) is 0 Å². The van der Waals surface area contributed by atoms with Gasteiger partial charge in [-0.05, 0) is 31.5 Å². The Morgan fingerprint density at radius 1 is 1.33 bits per heavy atom. The third-order valence-corrected chi connectivity index (χ3v) is 3.09. The fourth-order valence-electron chi connectivity index (χ4n) is 1.92. The molecule has 21 heavy (non-hydrogen) atoms. The number of benzene rings is 1. The highest BCUT2D eigenvalue weighted by atomic mass is 16.6. The Kier molecular flexibility index (Phi) is 4.27. The van der Waals surface area contributed by atoms with Gasteiger partial charge < -0.3 is 5.32 Å². The summed E-state index contributed by atoms with van der Waals surface area (Å²) in [5.41, 5.74) is 2.26. The van der Waals surface area contributed by atoms with E-state index in [4.69, 9.17) is 0 Å². The number of carbonyl (C=O) groups excluding carboxylic acids is 1. The molecule has 1 N–H and O–H groups in total. The number of anilines is 1. The monoisotopic (exact) mass is 285 g/mol. The number of nitrogens with one attached hydrogen (secondary N) is 1. The first kappa shape index (κ1) is 14.6. The molecule has 1 heterocycles. The molecular weight excluding hydrogens is 270 g/mol. The van der Waals surface area contributed by atoms with Crippen LogP contribution < -0.4 is 5.32 Å². The van der Waals surface area contributed by atoms with E-state index >= 15 is 0 Å². The van der Waals surface area contributed by atoms with E-state index < -0.39 is 4.92 Å². The average molecular weight is 285 g/mol. The lowest BCUT2D eigenvalue weighted by Gasteiger charge is -2.07. The minimum absolute atomic E-state index is 0.0114. The molecule has 0 atom stereocenters. The van der Waals surface area contributed by atoms with Gasteiger partial charge in [0.1, 0.15) is 0 Å². The van der Waals surface area contributed by atoms with E-state index in [1.165, 1.54) is 12.3 Å². The Hall–Kier alpha value is -2.76. The van der Waals surface area contributed by atoms with E-state index in [-0.39, 0.29) is 11.6 Å². The molecule has 2 rings (SSSR count). The first-order chi connectivity index (χ1) is 10.0. The van der Waals surface area contributed by atoms with Gasteiger partial charge in [0.05, 0.1) is 10.5 Å². The number of hydrogen-bond donors (Lipinski definition) is 1. The molecule has 0 spiro atoms. The van der Waals surface area contributed by atoms with Gasteiger partial charge in [-0.3, -0.25) is 19.9 Å². The largest absolute Gasteiger partial charge is 0.322 e. The van der Waals surface area contributed by atoms with Crippen LogP contribution in [0.5, 0.6) is 0 Å². The summed E-state index contributed by atoms with van der Waals surface area (Å²) in [6.45, 7) is 3.67. The summed E-state index contributed by atoms with van der Waals surface area (Å²) in [4.78, 5) is 26.7. The molecule has 1 aromatic carbocycles. The third-order valence-electron chi connectivity index (χ3n) is 3.09. The van der Waals surface area contributed by atoms with Crippen LogP contribution in [0.15, 0.2) is 36.5 Å². The Morgan fingerprint density at radius 3 is 2.67 bits per heavy atom. The molecular formula is C15H15N3O3. The van der Waals surface area contributed by atoms with Crippen LogP contribution in [-0.4, -0.2) is 15.8 Å². The molecule has 0 saturated carbocycles. The number of nitro benzene ring substituents is 1. The smallest absolute Gasteiger partial charge is 0.274 e. The highest BCUT2D eigenvalue weighted by Gasteiger charge is 2.14. The maximum atomic E-state index is 12.0. The molecule has 0 radical (unpaired) electrons. The number of aromatic nitrogens is 1. The minimum atomic E-state index is -0.443. The van der Waals surface area contributed by atoms with Crippen molar-refractivity contribution in [3.8, 4) is 0 Å². The lowest BCUT2D eigenvalue weighted by Crippen LogP contribution is -2.12. The van der Waals surface area contributed by atoms with Gasteiger partial charge in [0, 0.05) is 29.2 Å². The quantitative estimate of drug-likeness (QED) is 0.690. The van der Waals surface area contributed by atoms with Crippen molar-refractivity contribution < 1.29 is 9.72 Å². The van der Waals surface area contributed by atoms with Gasteiger partial charge in [-0.2, -0.15) is 0 Å². The molecule has 0 aliphatic carbocycles.